The highest BCUT2D eigenvalue weighted by Crippen LogP contribution is 2.31. The summed E-state index contributed by atoms with van der Waals surface area (Å²) in [6, 6.07) is 2.91. The Kier molecular flexibility index (Phi) is 4.37. The Balaban J connectivity index is 2.50. The number of hydrogen-bond donors (Lipinski definition) is 1. The van der Waals surface area contributed by atoms with Crippen LogP contribution >= 0.6 is 15.9 Å². The molecule has 0 spiro atoms. The van der Waals surface area contributed by atoms with Crippen LogP contribution in [0.3, 0.4) is 0 Å². The molecule has 0 aromatic heterocycles. The van der Waals surface area contributed by atoms with Crippen molar-refractivity contribution in [3.63, 3.8) is 0 Å². The van der Waals surface area contributed by atoms with Crippen LogP contribution in [-0.2, 0) is 9.59 Å². The van der Waals surface area contributed by atoms with E-state index in [-0.39, 0.29) is 28.6 Å². The number of halogens is 2. The Morgan fingerprint density at radius 1 is 1.33 bits per heavy atom. The van der Waals surface area contributed by atoms with E-state index in [0.29, 0.717) is 24.1 Å². The average Bonchev–Trinajstić information content (AvgIpc) is 2.45. The summed E-state index contributed by atoms with van der Waals surface area (Å²) in [5, 5.41) is 2.81. The van der Waals surface area contributed by atoms with Crippen molar-refractivity contribution in [1.29, 1.82) is 0 Å². The lowest BCUT2D eigenvalue weighted by molar-refractivity contribution is -0.136. The molecular formula is C15H18BrFN2O2. The molecule has 2 amide bonds. The maximum Gasteiger partial charge on any atom is 0.253 e. The van der Waals surface area contributed by atoms with E-state index in [0.717, 1.165) is 0 Å². The van der Waals surface area contributed by atoms with Gasteiger partial charge < -0.3 is 10.2 Å². The summed E-state index contributed by atoms with van der Waals surface area (Å²) in [6.07, 6.45) is 1.04. The Morgan fingerprint density at radius 3 is 2.52 bits per heavy atom. The van der Waals surface area contributed by atoms with Crippen molar-refractivity contribution in [3.05, 3.63) is 28.0 Å². The van der Waals surface area contributed by atoms with Crippen molar-refractivity contribution in [2.24, 2.45) is 0 Å². The molecule has 21 heavy (non-hydrogen) atoms. The van der Waals surface area contributed by atoms with Gasteiger partial charge in [-0.05, 0) is 53.4 Å². The first-order chi connectivity index (χ1) is 9.84. The molecule has 1 heterocycles. The van der Waals surface area contributed by atoms with Crippen LogP contribution in [0.1, 0.15) is 32.3 Å². The van der Waals surface area contributed by atoms with Gasteiger partial charge in [0.15, 0.2) is 0 Å². The summed E-state index contributed by atoms with van der Waals surface area (Å²) in [5.74, 6) is -0.728. The summed E-state index contributed by atoms with van der Waals surface area (Å²) < 4.78 is 13.8. The molecule has 1 fully saturated rings. The molecule has 1 aliphatic rings. The zero-order valence-corrected chi connectivity index (χ0v) is 13.9. The highest BCUT2D eigenvalue weighted by atomic mass is 79.9. The van der Waals surface area contributed by atoms with Crippen LogP contribution in [0.25, 0.3) is 0 Å². The van der Waals surface area contributed by atoms with Crippen molar-refractivity contribution in [2.75, 3.05) is 11.4 Å². The van der Waals surface area contributed by atoms with Gasteiger partial charge in [-0.25, -0.2) is 4.39 Å². The minimum atomic E-state index is -0.872. The van der Waals surface area contributed by atoms with Gasteiger partial charge in [0.25, 0.3) is 5.91 Å². The normalized spacial score (nSPS) is 17.9. The lowest BCUT2D eigenvalue weighted by Gasteiger charge is -2.41. The van der Waals surface area contributed by atoms with Crippen LogP contribution in [0.2, 0.25) is 0 Å². The van der Waals surface area contributed by atoms with Crippen molar-refractivity contribution in [3.8, 4) is 0 Å². The first-order valence-corrected chi connectivity index (χ1v) is 7.72. The van der Waals surface area contributed by atoms with Crippen LogP contribution in [-0.4, -0.2) is 23.9 Å². The molecule has 2 rings (SSSR count). The molecular weight excluding hydrogens is 339 g/mol. The monoisotopic (exact) mass is 356 g/mol. The molecule has 4 nitrogen and oxygen atoms in total. The number of carbonyl (C=O) groups is 2. The van der Waals surface area contributed by atoms with Gasteiger partial charge in [0.2, 0.25) is 5.91 Å². The quantitative estimate of drug-likeness (QED) is 0.904. The molecule has 0 saturated carbocycles. The Morgan fingerprint density at radius 2 is 1.95 bits per heavy atom. The molecule has 0 aliphatic carbocycles. The second kappa shape index (κ2) is 5.75. The third-order valence-corrected chi connectivity index (χ3v) is 4.68. The second-order valence-electron chi connectivity index (χ2n) is 5.28. The smallest absolute Gasteiger partial charge is 0.253 e. The Labute approximate surface area is 131 Å². The van der Waals surface area contributed by atoms with Gasteiger partial charge in [-0.3, -0.25) is 9.59 Å². The molecule has 1 aliphatic heterocycles. The van der Waals surface area contributed by atoms with Crippen LogP contribution in [0.5, 0.6) is 0 Å². The lowest BCUT2D eigenvalue weighted by atomic mass is 9.88. The number of amides is 2. The van der Waals surface area contributed by atoms with E-state index < -0.39 is 5.54 Å². The number of nitrogens with zero attached hydrogens (tertiary/aromatic N) is 1. The summed E-state index contributed by atoms with van der Waals surface area (Å²) in [4.78, 5) is 26.3. The largest absolute Gasteiger partial charge is 0.340 e. The number of benzene rings is 1. The maximum atomic E-state index is 13.6. The molecule has 0 radical (unpaired) electrons. The minimum absolute atomic E-state index is 0.0422. The van der Waals surface area contributed by atoms with Gasteiger partial charge in [0.05, 0.1) is 4.47 Å². The number of anilines is 1. The van der Waals surface area contributed by atoms with Crippen LogP contribution in [0.4, 0.5) is 10.1 Å². The Hall–Kier alpha value is -1.43. The fourth-order valence-electron chi connectivity index (χ4n) is 2.68. The molecule has 1 N–H and O–H groups in total. The lowest BCUT2D eigenvalue weighted by Crippen LogP contribution is -2.66. The predicted octanol–water partition coefficient (Wildman–Crippen LogP) is 2.92. The van der Waals surface area contributed by atoms with Crippen molar-refractivity contribution < 1.29 is 14.0 Å². The van der Waals surface area contributed by atoms with Gasteiger partial charge in [-0.15, -0.1) is 0 Å². The van der Waals surface area contributed by atoms with Gasteiger partial charge in [0.1, 0.15) is 17.9 Å². The zero-order valence-electron chi connectivity index (χ0n) is 12.3. The van der Waals surface area contributed by atoms with Crippen molar-refractivity contribution in [1.82, 2.24) is 5.32 Å². The van der Waals surface area contributed by atoms with Gasteiger partial charge >= 0.3 is 0 Å². The van der Waals surface area contributed by atoms with E-state index in [1.54, 1.807) is 13.0 Å². The van der Waals surface area contributed by atoms with E-state index in [1.807, 2.05) is 13.8 Å². The van der Waals surface area contributed by atoms with Crippen LogP contribution in [0.15, 0.2) is 16.6 Å². The second-order valence-corrected chi connectivity index (χ2v) is 6.14. The summed E-state index contributed by atoms with van der Waals surface area (Å²) in [6.45, 7) is 5.43. The van der Waals surface area contributed by atoms with Gasteiger partial charge in [-0.2, -0.15) is 0 Å². The number of aryl methyl sites for hydroxylation is 1. The predicted molar refractivity (Wildman–Crippen MR) is 82.6 cm³/mol. The third-order valence-electron chi connectivity index (χ3n) is 4.07. The first kappa shape index (κ1) is 15.9. The minimum Gasteiger partial charge on any atom is -0.340 e. The molecule has 0 atom stereocenters. The van der Waals surface area contributed by atoms with E-state index in [1.165, 1.54) is 11.0 Å². The molecule has 0 unspecified atom stereocenters. The van der Waals surface area contributed by atoms with Gasteiger partial charge in [0, 0.05) is 5.69 Å². The number of piperazine rings is 1. The van der Waals surface area contributed by atoms with E-state index in [2.05, 4.69) is 21.2 Å². The van der Waals surface area contributed by atoms with Crippen molar-refractivity contribution >= 4 is 33.4 Å². The number of nitrogens with one attached hydrogen (secondary N) is 1. The molecule has 1 aromatic carbocycles. The number of hydrogen-bond acceptors (Lipinski definition) is 2. The molecule has 114 valence electrons. The van der Waals surface area contributed by atoms with Gasteiger partial charge in [-0.1, -0.05) is 13.8 Å². The van der Waals surface area contributed by atoms with E-state index >= 15 is 0 Å². The average molecular weight is 357 g/mol. The molecule has 1 saturated heterocycles. The summed E-state index contributed by atoms with van der Waals surface area (Å²) in [5.41, 5.74) is 0.317. The number of rotatable bonds is 3. The third kappa shape index (κ3) is 2.69. The fourth-order valence-corrected chi connectivity index (χ4v) is 3.02. The molecule has 1 aromatic rings. The highest BCUT2D eigenvalue weighted by Gasteiger charge is 2.44. The zero-order chi connectivity index (χ0) is 15.8. The standard InChI is InChI=1S/C15H18BrFN2O2/c1-4-15(5-2)14(21)19(8-13(20)18-15)12-7-10(16)11(17)6-9(12)3/h6-7H,4-5,8H2,1-3H3,(H,18,20). The summed E-state index contributed by atoms with van der Waals surface area (Å²) >= 11 is 3.13. The topological polar surface area (TPSA) is 49.4 Å². The maximum absolute atomic E-state index is 13.6. The SMILES string of the molecule is CCC1(CC)NC(=O)CN(c2cc(Br)c(F)cc2C)C1=O. The highest BCUT2D eigenvalue weighted by molar-refractivity contribution is 9.10. The Bertz CT molecular complexity index is 600. The molecule has 0 bridgehead atoms. The van der Waals surface area contributed by atoms with Crippen molar-refractivity contribution in [2.45, 2.75) is 39.2 Å². The summed E-state index contributed by atoms with van der Waals surface area (Å²) in [7, 11) is 0. The van der Waals surface area contributed by atoms with E-state index in [4.69, 9.17) is 0 Å². The van der Waals surface area contributed by atoms with E-state index in [9.17, 15) is 14.0 Å². The molecule has 6 heteroatoms. The first-order valence-electron chi connectivity index (χ1n) is 6.93. The van der Waals surface area contributed by atoms with Crippen LogP contribution in [0, 0.1) is 12.7 Å². The fraction of sp³-hybridized carbons (Fsp3) is 0.467. The number of carbonyl (C=O) groups excluding carboxylic acids is 2. The van der Waals surface area contributed by atoms with Crippen LogP contribution < -0.4 is 10.2 Å².